The number of aliphatic carboxylic acids is 1. The molecule has 0 aliphatic carbocycles. The van der Waals surface area contributed by atoms with Gasteiger partial charge in [0.1, 0.15) is 0 Å². The Morgan fingerprint density at radius 1 is 1.60 bits per heavy atom. The average Bonchev–Trinajstić information content (AvgIpc) is 2.14. The normalized spacial score (nSPS) is 12.5. The highest BCUT2D eigenvalue weighted by atomic mass is 79.9. The Morgan fingerprint density at radius 2 is 2.27 bits per heavy atom. The molecule has 0 aliphatic rings. The number of hydrogen-bond donors (Lipinski definition) is 2. The largest absolute Gasteiger partial charge is 0.481 e. The van der Waals surface area contributed by atoms with Crippen molar-refractivity contribution in [2.45, 2.75) is 25.8 Å². The molecule has 0 bridgehead atoms. The summed E-state index contributed by atoms with van der Waals surface area (Å²) in [6, 6.07) is 5.64. The van der Waals surface area contributed by atoms with Gasteiger partial charge in [0.15, 0.2) is 0 Å². The quantitative estimate of drug-likeness (QED) is 0.885. The van der Waals surface area contributed by atoms with Gasteiger partial charge in [0.25, 0.3) is 0 Å². The van der Waals surface area contributed by atoms with Crippen LogP contribution in [0.2, 0.25) is 0 Å². The monoisotopic (exact) mass is 271 g/mol. The maximum Gasteiger partial charge on any atom is 0.303 e. The Balaban J connectivity index is 2.73. The molecule has 4 heteroatoms. The fourth-order valence-corrected chi connectivity index (χ4v) is 1.97. The van der Waals surface area contributed by atoms with Gasteiger partial charge in [-0.25, -0.2) is 0 Å². The molecule has 3 nitrogen and oxygen atoms in total. The maximum absolute atomic E-state index is 10.4. The molecule has 0 aliphatic heterocycles. The molecule has 0 saturated heterocycles. The molecule has 0 fully saturated rings. The minimum atomic E-state index is -0.805. The van der Waals surface area contributed by atoms with Gasteiger partial charge in [0, 0.05) is 16.9 Å². The van der Waals surface area contributed by atoms with E-state index >= 15 is 0 Å². The Kier molecular flexibility index (Phi) is 4.29. The van der Waals surface area contributed by atoms with E-state index in [0.717, 1.165) is 15.6 Å². The van der Waals surface area contributed by atoms with Crippen LogP contribution in [0.15, 0.2) is 22.7 Å². The summed E-state index contributed by atoms with van der Waals surface area (Å²) in [6.45, 7) is 1.97. The van der Waals surface area contributed by atoms with Crippen LogP contribution in [0.3, 0.4) is 0 Å². The van der Waals surface area contributed by atoms with E-state index < -0.39 is 5.97 Å². The van der Waals surface area contributed by atoms with E-state index in [1.54, 1.807) is 0 Å². The van der Waals surface area contributed by atoms with Crippen molar-refractivity contribution in [2.75, 3.05) is 0 Å². The highest BCUT2D eigenvalue weighted by molar-refractivity contribution is 9.10. The van der Waals surface area contributed by atoms with E-state index in [4.69, 9.17) is 10.8 Å². The fourth-order valence-electron chi connectivity index (χ4n) is 1.49. The molecule has 3 N–H and O–H groups in total. The number of benzene rings is 1. The van der Waals surface area contributed by atoms with Gasteiger partial charge in [-0.3, -0.25) is 4.79 Å². The number of carboxylic acid groups (broad SMARTS) is 1. The van der Waals surface area contributed by atoms with Gasteiger partial charge in [-0.15, -0.1) is 0 Å². The summed E-state index contributed by atoms with van der Waals surface area (Å²) in [5, 5.41) is 8.56. The van der Waals surface area contributed by atoms with Gasteiger partial charge >= 0.3 is 5.97 Å². The topological polar surface area (TPSA) is 63.3 Å². The molecular formula is C11H14BrNO2. The van der Waals surface area contributed by atoms with Crippen LogP contribution in [-0.4, -0.2) is 11.1 Å². The Bertz CT molecular complexity index is 366. The zero-order valence-electron chi connectivity index (χ0n) is 8.53. The zero-order valence-corrected chi connectivity index (χ0v) is 10.1. The van der Waals surface area contributed by atoms with Crippen molar-refractivity contribution in [3.63, 3.8) is 0 Å². The van der Waals surface area contributed by atoms with Crippen LogP contribution in [0.1, 0.15) is 30.0 Å². The predicted molar refractivity (Wildman–Crippen MR) is 62.7 cm³/mol. The summed E-state index contributed by atoms with van der Waals surface area (Å²) >= 11 is 3.37. The van der Waals surface area contributed by atoms with Crippen LogP contribution in [0.4, 0.5) is 0 Å². The summed E-state index contributed by atoms with van der Waals surface area (Å²) in [4.78, 5) is 10.4. The molecule has 82 valence electrons. The maximum atomic E-state index is 10.4. The third kappa shape index (κ3) is 3.64. The molecule has 1 aromatic carbocycles. The lowest BCUT2D eigenvalue weighted by molar-refractivity contribution is -0.137. The minimum absolute atomic E-state index is 0.108. The van der Waals surface area contributed by atoms with Crippen LogP contribution in [0.25, 0.3) is 0 Å². The van der Waals surface area contributed by atoms with E-state index in [1.807, 2.05) is 25.1 Å². The van der Waals surface area contributed by atoms with Gasteiger partial charge in [-0.1, -0.05) is 22.0 Å². The van der Waals surface area contributed by atoms with Gasteiger partial charge in [0.05, 0.1) is 0 Å². The van der Waals surface area contributed by atoms with E-state index in [1.165, 1.54) is 0 Å². The molecule has 1 unspecified atom stereocenters. The summed E-state index contributed by atoms with van der Waals surface area (Å²) in [5.41, 5.74) is 8.01. The molecule has 0 amide bonds. The lowest BCUT2D eigenvalue weighted by Gasteiger charge is -2.13. The van der Waals surface area contributed by atoms with Crippen molar-refractivity contribution in [3.8, 4) is 0 Å². The Labute approximate surface area is 97.4 Å². The van der Waals surface area contributed by atoms with Crippen molar-refractivity contribution in [1.29, 1.82) is 0 Å². The van der Waals surface area contributed by atoms with Gasteiger partial charge in [-0.2, -0.15) is 0 Å². The standard InChI is InChI=1S/C11H14BrNO2/c1-7-6-8(12)2-3-9(7)10(13)4-5-11(14)15/h2-3,6,10H,4-5,13H2,1H3,(H,14,15). The third-order valence-corrected chi connectivity index (χ3v) is 2.79. The lowest BCUT2D eigenvalue weighted by Crippen LogP contribution is -2.13. The van der Waals surface area contributed by atoms with E-state index in [9.17, 15) is 4.79 Å². The number of nitrogens with two attached hydrogens (primary N) is 1. The molecule has 1 aromatic rings. The third-order valence-electron chi connectivity index (χ3n) is 2.30. The van der Waals surface area contributed by atoms with Crippen LogP contribution in [0, 0.1) is 6.92 Å². The smallest absolute Gasteiger partial charge is 0.303 e. The highest BCUT2D eigenvalue weighted by Crippen LogP contribution is 2.22. The molecule has 0 heterocycles. The van der Waals surface area contributed by atoms with Gasteiger partial charge in [0.2, 0.25) is 0 Å². The minimum Gasteiger partial charge on any atom is -0.481 e. The van der Waals surface area contributed by atoms with Crippen molar-refractivity contribution in [1.82, 2.24) is 0 Å². The second-order valence-electron chi connectivity index (χ2n) is 3.54. The molecule has 0 saturated carbocycles. The highest BCUT2D eigenvalue weighted by Gasteiger charge is 2.10. The van der Waals surface area contributed by atoms with Crippen LogP contribution >= 0.6 is 15.9 Å². The second kappa shape index (κ2) is 5.28. The van der Waals surface area contributed by atoms with E-state index in [-0.39, 0.29) is 12.5 Å². The Hall–Kier alpha value is -0.870. The van der Waals surface area contributed by atoms with E-state index in [2.05, 4.69) is 15.9 Å². The first-order valence-corrected chi connectivity index (χ1v) is 5.53. The predicted octanol–water partition coefficient (Wildman–Crippen LogP) is 2.62. The summed E-state index contributed by atoms with van der Waals surface area (Å²) in [6.07, 6.45) is 0.578. The fraction of sp³-hybridized carbons (Fsp3) is 0.364. The van der Waals surface area contributed by atoms with Gasteiger partial charge < -0.3 is 10.8 Å². The van der Waals surface area contributed by atoms with Gasteiger partial charge in [-0.05, 0) is 36.6 Å². The SMILES string of the molecule is Cc1cc(Br)ccc1C(N)CCC(=O)O. The van der Waals surface area contributed by atoms with Crippen LogP contribution in [-0.2, 0) is 4.79 Å². The Morgan fingerprint density at radius 3 is 2.80 bits per heavy atom. The van der Waals surface area contributed by atoms with Crippen molar-refractivity contribution in [3.05, 3.63) is 33.8 Å². The van der Waals surface area contributed by atoms with Crippen LogP contribution in [0.5, 0.6) is 0 Å². The molecule has 1 atom stereocenters. The number of hydrogen-bond acceptors (Lipinski definition) is 2. The molecule has 15 heavy (non-hydrogen) atoms. The summed E-state index contributed by atoms with van der Waals surface area (Å²) in [7, 11) is 0. The molecule has 1 rings (SSSR count). The summed E-state index contributed by atoms with van der Waals surface area (Å²) < 4.78 is 1.01. The molecule has 0 aromatic heterocycles. The molecule has 0 spiro atoms. The summed E-state index contributed by atoms with van der Waals surface area (Å²) in [5.74, 6) is -0.805. The van der Waals surface area contributed by atoms with Crippen molar-refractivity contribution >= 4 is 21.9 Å². The molecular weight excluding hydrogens is 258 g/mol. The number of halogens is 1. The first kappa shape index (κ1) is 12.2. The zero-order chi connectivity index (χ0) is 11.4. The first-order valence-electron chi connectivity index (χ1n) is 4.74. The van der Waals surface area contributed by atoms with E-state index in [0.29, 0.717) is 6.42 Å². The average molecular weight is 272 g/mol. The second-order valence-corrected chi connectivity index (χ2v) is 4.46. The van der Waals surface area contributed by atoms with Crippen molar-refractivity contribution in [2.24, 2.45) is 5.73 Å². The molecule has 0 radical (unpaired) electrons. The number of carbonyl (C=O) groups is 1. The number of carboxylic acids is 1. The van der Waals surface area contributed by atoms with Crippen LogP contribution < -0.4 is 5.73 Å². The van der Waals surface area contributed by atoms with Crippen molar-refractivity contribution < 1.29 is 9.90 Å². The number of rotatable bonds is 4. The first-order chi connectivity index (χ1) is 7.00. The lowest BCUT2D eigenvalue weighted by atomic mass is 9.98. The number of aryl methyl sites for hydroxylation is 1.